The number of aryl methyl sites for hydroxylation is 1. The summed E-state index contributed by atoms with van der Waals surface area (Å²) in [4.78, 5) is 0.177. The van der Waals surface area contributed by atoms with Gasteiger partial charge in [-0.1, -0.05) is 0 Å². The van der Waals surface area contributed by atoms with Crippen LogP contribution in [0.1, 0.15) is 5.69 Å². The maximum absolute atomic E-state index is 12.0. The van der Waals surface area contributed by atoms with Crippen molar-refractivity contribution >= 4 is 21.4 Å². The molecule has 0 atom stereocenters. The third kappa shape index (κ3) is 3.17. The van der Waals surface area contributed by atoms with Crippen LogP contribution in [0.3, 0.4) is 0 Å². The molecule has 0 saturated carbocycles. The SMILES string of the molecule is CN(C)S(=O)(=O)c1ccc(NCc2ccnn2C)c(N)c1. The first-order valence-electron chi connectivity index (χ1n) is 6.35. The molecule has 21 heavy (non-hydrogen) atoms. The molecule has 0 radical (unpaired) electrons. The van der Waals surface area contributed by atoms with Crippen molar-refractivity contribution in [1.29, 1.82) is 0 Å². The summed E-state index contributed by atoms with van der Waals surface area (Å²) in [5.41, 5.74) is 8.01. The van der Waals surface area contributed by atoms with Crippen LogP contribution in [0, 0.1) is 0 Å². The Labute approximate surface area is 124 Å². The van der Waals surface area contributed by atoms with Gasteiger partial charge in [-0.25, -0.2) is 12.7 Å². The number of hydrogen-bond donors (Lipinski definition) is 2. The predicted octanol–water partition coefficient (Wildman–Crippen LogP) is 0.865. The summed E-state index contributed by atoms with van der Waals surface area (Å²) in [6.45, 7) is 0.556. The smallest absolute Gasteiger partial charge is 0.242 e. The van der Waals surface area contributed by atoms with E-state index in [-0.39, 0.29) is 4.90 Å². The van der Waals surface area contributed by atoms with Crippen molar-refractivity contribution in [2.75, 3.05) is 25.1 Å². The van der Waals surface area contributed by atoms with Crippen LogP contribution in [-0.4, -0.2) is 36.6 Å². The Morgan fingerprint density at radius 2 is 2.05 bits per heavy atom. The second kappa shape index (κ2) is 5.74. The fourth-order valence-corrected chi connectivity index (χ4v) is 2.77. The summed E-state index contributed by atoms with van der Waals surface area (Å²) in [5.74, 6) is 0. The van der Waals surface area contributed by atoms with Crippen LogP contribution in [0.2, 0.25) is 0 Å². The van der Waals surface area contributed by atoms with Gasteiger partial charge in [-0.15, -0.1) is 0 Å². The third-order valence-electron chi connectivity index (χ3n) is 3.18. The van der Waals surface area contributed by atoms with E-state index < -0.39 is 10.0 Å². The molecule has 0 bridgehead atoms. The van der Waals surface area contributed by atoms with E-state index in [9.17, 15) is 8.42 Å². The number of anilines is 2. The van der Waals surface area contributed by atoms with Crippen molar-refractivity contribution in [3.63, 3.8) is 0 Å². The summed E-state index contributed by atoms with van der Waals surface area (Å²) in [6.07, 6.45) is 1.72. The van der Waals surface area contributed by atoms with Gasteiger partial charge in [-0.3, -0.25) is 4.68 Å². The van der Waals surface area contributed by atoms with E-state index >= 15 is 0 Å². The Kier molecular flexibility index (Phi) is 4.19. The largest absolute Gasteiger partial charge is 0.397 e. The molecular formula is C13H19N5O2S. The normalized spacial score (nSPS) is 11.8. The van der Waals surface area contributed by atoms with Crippen LogP contribution in [0.5, 0.6) is 0 Å². The number of benzene rings is 1. The standard InChI is InChI=1S/C13H19N5O2S/c1-17(2)21(19,20)11-4-5-13(12(14)8-11)15-9-10-6-7-16-18(10)3/h4-8,15H,9,14H2,1-3H3. The van der Waals surface area contributed by atoms with E-state index in [1.165, 1.54) is 26.2 Å². The third-order valence-corrected chi connectivity index (χ3v) is 5.00. The summed E-state index contributed by atoms with van der Waals surface area (Å²) in [5, 5.41) is 7.25. The highest BCUT2D eigenvalue weighted by molar-refractivity contribution is 7.89. The summed E-state index contributed by atoms with van der Waals surface area (Å²) in [6, 6.07) is 6.56. The number of nitrogens with one attached hydrogen (secondary N) is 1. The zero-order chi connectivity index (χ0) is 15.6. The number of hydrogen-bond acceptors (Lipinski definition) is 5. The van der Waals surface area contributed by atoms with Gasteiger partial charge < -0.3 is 11.1 Å². The summed E-state index contributed by atoms with van der Waals surface area (Å²) < 4.78 is 27.0. The van der Waals surface area contributed by atoms with Crippen molar-refractivity contribution in [2.24, 2.45) is 7.05 Å². The Morgan fingerprint density at radius 1 is 1.33 bits per heavy atom. The van der Waals surface area contributed by atoms with E-state index in [2.05, 4.69) is 10.4 Å². The lowest BCUT2D eigenvalue weighted by molar-refractivity contribution is 0.521. The zero-order valence-electron chi connectivity index (χ0n) is 12.2. The van der Waals surface area contributed by atoms with Crippen molar-refractivity contribution in [2.45, 2.75) is 11.4 Å². The monoisotopic (exact) mass is 309 g/mol. The van der Waals surface area contributed by atoms with E-state index in [0.717, 1.165) is 10.00 Å². The fraction of sp³-hybridized carbons (Fsp3) is 0.308. The molecule has 8 heteroatoms. The molecule has 7 nitrogen and oxygen atoms in total. The lowest BCUT2D eigenvalue weighted by Gasteiger charge is -2.14. The van der Waals surface area contributed by atoms with E-state index in [1.807, 2.05) is 13.1 Å². The van der Waals surface area contributed by atoms with Crippen LogP contribution >= 0.6 is 0 Å². The molecule has 0 saturated heterocycles. The van der Waals surface area contributed by atoms with Gasteiger partial charge >= 0.3 is 0 Å². The Balaban J connectivity index is 2.19. The number of nitrogens with zero attached hydrogens (tertiary/aromatic N) is 3. The first-order chi connectivity index (χ1) is 9.82. The molecule has 2 aromatic rings. The van der Waals surface area contributed by atoms with E-state index in [1.54, 1.807) is 16.9 Å². The number of rotatable bonds is 5. The van der Waals surface area contributed by atoms with Gasteiger partial charge in [0.15, 0.2) is 0 Å². The number of nitrogens with two attached hydrogens (primary N) is 1. The first-order valence-corrected chi connectivity index (χ1v) is 7.79. The number of sulfonamides is 1. The number of aromatic nitrogens is 2. The molecule has 1 heterocycles. The molecule has 0 unspecified atom stereocenters. The molecule has 2 rings (SSSR count). The molecule has 0 spiro atoms. The highest BCUT2D eigenvalue weighted by Gasteiger charge is 2.18. The van der Waals surface area contributed by atoms with Crippen LogP contribution in [0.25, 0.3) is 0 Å². The second-order valence-corrected chi connectivity index (χ2v) is 6.99. The van der Waals surface area contributed by atoms with Crippen molar-refractivity contribution in [1.82, 2.24) is 14.1 Å². The van der Waals surface area contributed by atoms with Crippen LogP contribution < -0.4 is 11.1 Å². The quantitative estimate of drug-likeness (QED) is 0.799. The van der Waals surface area contributed by atoms with Gasteiger partial charge in [-0.2, -0.15) is 5.10 Å². The molecular weight excluding hydrogens is 290 g/mol. The Morgan fingerprint density at radius 3 is 2.57 bits per heavy atom. The molecule has 3 N–H and O–H groups in total. The minimum absolute atomic E-state index is 0.177. The average molecular weight is 309 g/mol. The lowest BCUT2D eigenvalue weighted by atomic mass is 10.2. The minimum Gasteiger partial charge on any atom is -0.397 e. The highest BCUT2D eigenvalue weighted by Crippen LogP contribution is 2.24. The van der Waals surface area contributed by atoms with Gasteiger partial charge in [-0.05, 0) is 24.3 Å². The molecule has 0 amide bonds. The molecule has 114 valence electrons. The van der Waals surface area contributed by atoms with Crippen LogP contribution in [-0.2, 0) is 23.6 Å². The van der Waals surface area contributed by atoms with Gasteiger partial charge in [0.2, 0.25) is 10.0 Å². The molecule has 1 aromatic carbocycles. The minimum atomic E-state index is -3.47. The van der Waals surface area contributed by atoms with Crippen LogP contribution in [0.15, 0.2) is 35.4 Å². The average Bonchev–Trinajstić information content (AvgIpc) is 2.82. The van der Waals surface area contributed by atoms with Crippen LogP contribution in [0.4, 0.5) is 11.4 Å². The second-order valence-electron chi connectivity index (χ2n) is 4.84. The maximum Gasteiger partial charge on any atom is 0.242 e. The Bertz CT molecular complexity index is 737. The topological polar surface area (TPSA) is 93.2 Å². The van der Waals surface area contributed by atoms with E-state index in [0.29, 0.717) is 17.9 Å². The van der Waals surface area contributed by atoms with Gasteiger partial charge in [0.1, 0.15) is 0 Å². The molecule has 0 fully saturated rings. The number of nitrogen functional groups attached to an aromatic ring is 1. The predicted molar refractivity (Wildman–Crippen MR) is 82.3 cm³/mol. The molecule has 1 aromatic heterocycles. The van der Waals surface area contributed by atoms with Crippen molar-refractivity contribution in [3.8, 4) is 0 Å². The molecule has 0 aliphatic heterocycles. The fourth-order valence-electron chi connectivity index (χ4n) is 1.83. The zero-order valence-corrected chi connectivity index (χ0v) is 13.1. The first kappa shape index (κ1) is 15.3. The van der Waals surface area contributed by atoms with Crippen molar-refractivity contribution in [3.05, 3.63) is 36.2 Å². The summed E-state index contributed by atoms with van der Waals surface area (Å²) >= 11 is 0. The van der Waals surface area contributed by atoms with Gasteiger partial charge in [0, 0.05) is 27.3 Å². The summed E-state index contributed by atoms with van der Waals surface area (Å²) in [7, 11) is 1.36. The highest BCUT2D eigenvalue weighted by atomic mass is 32.2. The van der Waals surface area contributed by atoms with Gasteiger partial charge in [0.25, 0.3) is 0 Å². The lowest BCUT2D eigenvalue weighted by Crippen LogP contribution is -2.22. The van der Waals surface area contributed by atoms with E-state index in [4.69, 9.17) is 5.73 Å². The van der Waals surface area contributed by atoms with Gasteiger partial charge in [0.05, 0.1) is 28.5 Å². The Hall–Kier alpha value is -2.06. The van der Waals surface area contributed by atoms with Crippen molar-refractivity contribution < 1.29 is 8.42 Å². The maximum atomic E-state index is 12.0. The molecule has 0 aliphatic rings. The molecule has 0 aliphatic carbocycles.